The smallest absolute Gasteiger partial charge is 0.274 e. The first-order valence-corrected chi connectivity index (χ1v) is 8.36. The Bertz CT molecular complexity index is 782. The molecule has 1 saturated heterocycles. The molecule has 0 unspecified atom stereocenters. The first-order valence-electron chi connectivity index (χ1n) is 8.36. The maximum atomic E-state index is 15.2. The molecule has 0 radical (unpaired) electrons. The summed E-state index contributed by atoms with van der Waals surface area (Å²) in [5.74, 6) is -1.06. The number of hydrogen-bond donors (Lipinski definition) is 2. The highest BCUT2D eigenvalue weighted by Crippen LogP contribution is 2.35. The Kier molecular flexibility index (Phi) is 4.91. The Labute approximate surface area is 144 Å². The third kappa shape index (κ3) is 3.19. The van der Waals surface area contributed by atoms with Crippen LogP contribution in [0.2, 0.25) is 0 Å². The molecule has 0 spiro atoms. The number of nitrogens with one attached hydrogen (secondary N) is 1. The summed E-state index contributed by atoms with van der Waals surface area (Å²) in [7, 11) is 0. The molecule has 2 heterocycles. The number of aliphatic hydroxyl groups is 1. The molecule has 2 aromatic rings. The number of halogens is 1. The molecule has 1 aromatic carbocycles. The van der Waals surface area contributed by atoms with E-state index in [1.807, 2.05) is 18.7 Å². The summed E-state index contributed by atoms with van der Waals surface area (Å²) in [6.45, 7) is 6.66. The first-order chi connectivity index (χ1) is 12.0. The molecule has 7 nitrogen and oxygen atoms in total. The molecular weight excluding hydrogens is 329 g/mol. The van der Waals surface area contributed by atoms with Crippen LogP contribution in [0.15, 0.2) is 10.6 Å². The molecule has 25 heavy (non-hydrogen) atoms. The van der Waals surface area contributed by atoms with Gasteiger partial charge in [-0.2, -0.15) is 0 Å². The lowest BCUT2D eigenvalue weighted by Crippen LogP contribution is -2.46. The SMILES string of the molecule is CCNC(=O)c1noc2c(F)c(N3C[C@@H](C)O[C@@H](C)C3)c(CO)cc12. The largest absolute Gasteiger partial charge is 0.392 e. The van der Waals surface area contributed by atoms with E-state index in [4.69, 9.17) is 9.26 Å². The van der Waals surface area contributed by atoms with E-state index in [0.29, 0.717) is 25.2 Å². The van der Waals surface area contributed by atoms with Gasteiger partial charge in [-0.1, -0.05) is 5.16 Å². The van der Waals surface area contributed by atoms with Crippen LogP contribution in [0.5, 0.6) is 0 Å². The van der Waals surface area contributed by atoms with Crippen LogP contribution in [-0.4, -0.2) is 48.0 Å². The lowest BCUT2D eigenvalue weighted by Gasteiger charge is -2.37. The van der Waals surface area contributed by atoms with Gasteiger partial charge in [0, 0.05) is 25.2 Å². The average molecular weight is 351 g/mol. The highest BCUT2D eigenvalue weighted by molar-refractivity contribution is 6.05. The number of aliphatic hydroxyl groups excluding tert-OH is 1. The molecule has 0 saturated carbocycles. The number of amides is 1. The molecule has 0 bridgehead atoms. The summed E-state index contributed by atoms with van der Waals surface area (Å²) in [5.41, 5.74) is 0.594. The summed E-state index contributed by atoms with van der Waals surface area (Å²) in [5, 5.41) is 16.3. The summed E-state index contributed by atoms with van der Waals surface area (Å²) in [6, 6.07) is 1.57. The number of benzene rings is 1. The summed E-state index contributed by atoms with van der Waals surface area (Å²) in [4.78, 5) is 13.9. The molecule has 1 aliphatic rings. The van der Waals surface area contributed by atoms with Crippen molar-refractivity contribution in [3.05, 3.63) is 23.1 Å². The quantitative estimate of drug-likeness (QED) is 0.874. The van der Waals surface area contributed by atoms with Gasteiger partial charge in [0.2, 0.25) is 5.58 Å². The van der Waals surface area contributed by atoms with Crippen LogP contribution in [0.3, 0.4) is 0 Å². The number of rotatable bonds is 4. The van der Waals surface area contributed by atoms with Crippen LogP contribution in [0.4, 0.5) is 10.1 Å². The van der Waals surface area contributed by atoms with Crippen molar-refractivity contribution in [1.82, 2.24) is 10.5 Å². The van der Waals surface area contributed by atoms with Gasteiger partial charge in [0.1, 0.15) is 0 Å². The van der Waals surface area contributed by atoms with E-state index in [1.165, 1.54) is 0 Å². The van der Waals surface area contributed by atoms with Gasteiger partial charge in [0.15, 0.2) is 11.5 Å². The van der Waals surface area contributed by atoms with E-state index in [0.717, 1.165) is 0 Å². The second kappa shape index (κ2) is 6.97. The van der Waals surface area contributed by atoms with Crippen LogP contribution in [0.1, 0.15) is 36.8 Å². The number of ether oxygens (including phenoxy) is 1. The second-order valence-electron chi connectivity index (χ2n) is 6.29. The minimum absolute atomic E-state index is 0.0145. The maximum absolute atomic E-state index is 15.2. The molecule has 2 atom stereocenters. The molecule has 3 rings (SSSR count). The summed E-state index contributed by atoms with van der Waals surface area (Å²) >= 11 is 0. The average Bonchev–Trinajstić information content (AvgIpc) is 2.98. The number of carbonyl (C=O) groups is 1. The fraction of sp³-hybridized carbons (Fsp3) is 0.529. The summed E-state index contributed by atoms with van der Waals surface area (Å²) < 4.78 is 26.0. The molecule has 1 amide bonds. The minimum Gasteiger partial charge on any atom is -0.392 e. The van der Waals surface area contributed by atoms with Gasteiger partial charge < -0.3 is 24.6 Å². The highest BCUT2D eigenvalue weighted by Gasteiger charge is 2.29. The highest BCUT2D eigenvalue weighted by atomic mass is 19.1. The molecule has 1 aromatic heterocycles. The molecule has 1 aliphatic heterocycles. The zero-order valence-electron chi connectivity index (χ0n) is 14.5. The monoisotopic (exact) mass is 351 g/mol. The van der Waals surface area contributed by atoms with Crippen LogP contribution in [0, 0.1) is 5.82 Å². The predicted molar refractivity (Wildman–Crippen MR) is 90.1 cm³/mol. The van der Waals surface area contributed by atoms with Crippen molar-refractivity contribution < 1.29 is 23.6 Å². The number of anilines is 1. The van der Waals surface area contributed by atoms with Crippen molar-refractivity contribution in [2.75, 3.05) is 24.5 Å². The van der Waals surface area contributed by atoms with Crippen molar-refractivity contribution in [3.63, 3.8) is 0 Å². The predicted octanol–water partition coefficient (Wildman–Crippen LogP) is 1.82. The molecule has 136 valence electrons. The van der Waals surface area contributed by atoms with Gasteiger partial charge >= 0.3 is 0 Å². The maximum Gasteiger partial charge on any atom is 0.274 e. The van der Waals surface area contributed by atoms with Gasteiger partial charge in [-0.15, -0.1) is 0 Å². The van der Waals surface area contributed by atoms with Gasteiger partial charge in [-0.3, -0.25) is 4.79 Å². The molecule has 2 N–H and O–H groups in total. The van der Waals surface area contributed by atoms with Crippen molar-refractivity contribution >= 4 is 22.6 Å². The van der Waals surface area contributed by atoms with Crippen LogP contribution >= 0.6 is 0 Å². The standard InChI is InChI=1S/C17H22FN3O4/c1-4-19-17(23)14-12-5-11(8-22)15(13(18)16(12)25-20-14)21-6-9(2)24-10(3)7-21/h5,9-10,22H,4,6-8H2,1-3H3,(H,19,23)/t9-,10+. The van der Waals surface area contributed by atoms with E-state index in [-0.39, 0.29) is 41.2 Å². The molecule has 1 fully saturated rings. The van der Waals surface area contributed by atoms with Crippen molar-refractivity contribution in [2.24, 2.45) is 0 Å². The number of hydrogen-bond acceptors (Lipinski definition) is 6. The normalized spacial score (nSPS) is 20.9. The third-order valence-electron chi connectivity index (χ3n) is 4.22. The van der Waals surface area contributed by atoms with E-state index in [1.54, 1.807) is 13.0 Å². The van der Waals surface area contributed by atoms with Gasteiger partial charge in [0.05, 0.1) is 29.9 Å². The number of carbonyl (C=O) groups excluding carboxylic acids is 1. The Balaban J connectivity index is 2.11. The molecule has 0 aliphatic carbocycles. The Morgan fingerprint density at radius 1 is 1.44 bits per heavy atom. The molecule has 8 heteroatoms. The van der Waals surface area contributed by atoms with E-state index in [9.17, 15) is 9.90 Å². The van der Waals surface area contributed by atoms with Crippen LogP contribution < -0.4 is 10.2 Å². The fourth-order valence-corrected chi connectivity index (χ4v) is 3.31. The van der Waals surface area contributed by atoms with Gasteiger partial charge in [0.25, 0.3) is 5.91 Å². The van der Waals surface area contributed by atoms with Crippen molar-refractivity contribution in [1.29, 1.82) is 0 Å². The van der Waals surface area contributed by atoms with Gasteiger partial charge in [-0.05, 0) is 26.8 Å². The Hall–Kier alpha value is -2.19. The summed E-state index contributed by atoms with van der Waals surface area (Å²) in [6.07, 6.45) is -0.128. The lowest BCUT2D eigenvalue weighted by atomic mass is 10.1. The number of nitrogens with zero attached hydrogens (tertiary/aromatic N) is 2. The topological polar surface area (TPSA) is 87.8 Å². The minimum atomic E-state index is -0.620. The lowest BCUT2D eigenvalue weighted by molar-refractivity contribution is -0.00550. The Morgan fingerprint density at radius 3 is 2.72 bits per heavy atom. The van der Waals surface area contributed by atoms with Crippen LogP contribution in [0.25, 0.3) is 11.0 Å². The zero-order valence-corrected chi connectivity index (χ0v) is 14.5. The van der Waals surface area contributed by atoms with E-state index < -0.39 is 11.7 Å². The van der Waals surface area contributed by atoms with Gasteiger partial charge in [-0.25, -0.2) is 4.39 Å². The third-order valence-corrected chi connectivity index (χ3v) is 4.22. The number of morpholine rings is 1. The fourth-order valence-electron chi connectivity index (χ4n) is 3.31. The first kappa shape index (κ1) is 17.6. The van der Waals surface area contributed by atoms with Crippen molar-refractivity contribution in [2.45, 2.75) is 39.6 Å². The molecular formula is C17H22FN3O4. The van der Waals surface area contributed by atoms with E-state index in [2.05, 4.69) is 10.5 Å². The Morgan fingerprint density at radius 2 is 2.12 bits per heavy atom. The van der Waals surface area contributed by atoms with Crippen LogP contribution in [-0.2, 0) is 11.3 Å². The number of aromatic nitrogens is 1. The number of fused-ring (bicyclic) bond motifs is 1. The second-order valence-corrected chi connectivity index (χ2v) is 6.29. The zero-order chi connectivity index (χ0) is 18.1. The van der Waals surface area contributed by atoms with Crippen molar-refractivity contribution in [3.8, 4) is 0 Å². The van der Waals surface area contributed by atoms with E-state index >= 15 is 4.39 Å².